The molecular formula is C21H29N5O7S2. The van der Waals surface area contributed by atoms with Gasteiger partial charge in [0.25, 0.3) is 0 Å². The van der Waals surface area contributed by atoms with Gasteiger partial charge in [-0.25, -0.2) is 4.98 Å². The van der Waals surface area contributed by atoms with E-state index in [0.717, 1.165) is 24.3 Å². The first-order chi connectivity index (χ1) is 16.7. The fourth-order valence-electron chi connectivity index (χ4n) is 3.50. The van der Waals surface area contributed by atoms with Crippen LogP contribution in [0.1, 0.15) is 59.6 Å². The van der Waals surface area contributed by atoms with Crippen molar-refractivity contribution in [2.24, 2.45) is 0 Å². The SMILES string of the molecule is CCCSc1nc(SCCC)c2nn([C@@H]3O[C@H](CCC(=O)O)[C@@H](OC(C)=O)[C@H]3OC(C)=O)nc2n1. The number of carbonyl (C=O) groups is 3. The lowest BCUT2D eigenvalue weighted by Gasteiger charge is -2.22. The Morgan fingerprint density at radius 2 is 1.66 bits per heavy atom. The van der Waals surface area contributed by atoms with Gasteiger partial charge in [0.05, 0.1) is 0 Å². The zero-order valence-electron chi connectivity index (χ0n) is 20.0. The van der Waals surface area contributed by atoms with E-state index in [0.29, 0.717) is 21.3 Å². The lowest BCUT2D eigenvalue weighted by molar-refractivity contribution is -0.166. The Labute approximate surface area is 210 Å². The Morgan fingerprint density at radius 3 is 2.29 bits per heavy atom. The molecule has 2 aromatic heterocycles. The summed E-state index contributed by atoms with van der Waals surface area (Å²) in [5.41, 5.74) is 0.841. The number of aliphatic carboxylic acids is 1. The van der Waals surface area contributed by atoms with Crippen molar-refractivity contribution >= 4 is 52.6 Å². The highest BCUT2D eigenvalue weighted by Gasteiger charge is 2.51. The number of esters is 2. The normalized spacial score (nSPS) is 21.8. The van der Waals surface area contributed by atoms with E-state index in [-0.39, 0.29) is 12.8 Å². The van der Waals surface area contributed by atoms with E-state index in [2.05, 4.69) is 34.0 Å². The molecule has 1 fully saturated rings. The van der Waals surface area contributed by atoms with Crippen molar-refractivity contribution in [3.63, 3.8) is 0 Å². The fourth-order valence-corrected chi connectivity index (χ4v) is 5.07. The summed E-state index contributed by atoms with van der Waals surface area (Å²) in [6, 6.07) is 0. The fraction of sp³-hybridized carbons (Fsp3) is 0.667. The molecule has 0 spiro atoms. The molecule has 0 amide bonds. The molecule has 0 aromatic carbocycles. The summed E-state index contributed by atoms with van der Waals surface area (Å²) < 4.78 is 16.9. The Hall–Kier alpha value is -2.45. The number of carboxylic acids is 1. The van der Waals surface area contributed by atoms with E-state index in [1.165, 1.54) is 30.4 Å². The molecule has 3 heterocycles. The smallest absolute Gasteiger partial charge is 0.303 e. The molecule has 2 aromatic rings. The van der Waals surface area contributed by atoms with Crippen LogP contribution in [0.3, 0.4) is 0 Å². The predicted octanol–water partition coefficient (Wildman–Crippen LogP) is 2.85. The quantitative estimate of drug-likeness (QED) is 0.186. The molecule has 1 aliphatic heterocycles. The summed E-state index contributed by atoms with van der Waals surface area (Å²) in [4.78, 5) is 45.2. The second kappa shape index (κ2) is 12.5. The van der Waals surface area contributed by atoms with Crippen LogP contribution in [0.15, 0.2) is 10.2 Å². The van der Waals surface area contributed by atoms with Crippen LogP contribution in [-0.2, 0) is 28.6 Å². The Morgan fingerprint density at radius 1 is 1.00 bits per heavy atom. The van der Waals surface area contributed by atoms with Gasteiger partial charge in [0.2, 0.25) is 11.9 Å². The zero-order valence-corrected chi connectivity index (χ0v) is 21.6. The molecule has 0 bridgehead atoms. The molecule has 0 aliphatic carbocycles. The molecule has 1 aliphatic rings. The van der Waals surface area contributed by atoms with Crippen LogP contribution >= 0.6 is 23.5 Å². The summed E-state index contributed by atoms with van der Waals surface area (Å²) in [5.74, 6) is -0.577. The van der Waals surface area contributed by atoms with E-state index >= 15 is 0 Å². The van der Waals surface area contributed by atoms with Crippen LogP contribution in [-0.4, -0.2) is 77.8 Å². The van der Waals surface area contributed by atoms with Gasteiger partial charge in [-0.3, -0.25) is 14.4 Å². The molecule has 12 nitrogen and oxygen atoms in total. The number of carboxylic acid groups (broad SMARTS) is 1. The van der Waals surface area contributed by atoms with E-state index in [9.17, 15) is 14.4 Å². The minimum Gasteiger partial charge on any atom is -0.481 e. The molecule has 1 saturated heterocycles. The molecule has 14 heteroatoms. The van der Waals surface area contributed by atoms with E-state index in [1.54, 1.807) is 11.8 Å². The number of hydrogen-bond donors (Lipinski definition) is 1. The minimum atomic E-state index is -1.08. The minimum absolute atomic E-state index is 0.0392. The van der Waals surface area contributed by atoms with Crippen molar-refractivity contribution in [3.8, 4) is 0 Å². The van der Waals surface area contributed by atoms with Crippen molar-refractivity contribution in [3.05, 3.63) is 0 Å². The molecule has 192 valence electrons. The first-order valence-corrected chi connectivity index (χ1v) is 13.3. The molecule has 35 heavy (non-hydrogen) atoms. The average molecular weight is 528 g/mol. The van der Waals surface area contributed by atoms with Gasteiger partial charge in [0, 0.05) is 26.0 Å². The van der Waals surface area contributed by atoms with Crippen LogP contribution in [0.25, 0.3) is 11.2 Å². The maximum atomic E-state index is 11.9. The van der Waals surface area contributed by atoms with Gasteiger partial charge in [-0.2, -0.15) is 4.98 Å². The number of thioether (sulfide) groups is 2. The first-order valence-electron chi connectivity index (χ1n) is 11.3. The van der Waals surface area contributed by atoms with Gasteiger partial charge in [-0.1, -0.05) is 25.6 Å². The average Bonchev–Trinajstić information content (AvgIpc) is 3.35. The Kier molecular flexibility index (Phi) is 9.69. The highest BCUT2D eigenvalue weighted by Crippen LogP contribution is 2.36. The number of aromatic nitrogens is 5. The van der Waals surface area contributed by atoms with Gasteiger partial charge >= 0.3 is 17.9 Å². The molecule has 0 radical (unpaired) electrons. The van der Waals surface area contributed by atoms with Crippen molar-refractivity contribution in [1.29, 1.82) is 0 Å². The number of rotatable bonds is 12. The third-order valence-electron chi connectivity index (χ3n) is 4.85. The van der Waals surface area contributed by atoms with Gasteiger partial charge in [0.1, 0.15) is 11.1 Å². The van der Waals surface area contributed by atoms with E-state index < -0.39 is 42.4 Å². The number of ether oxygens (including phenoxy) is 3. The van der Waals surface area contributed by atoms with Crippen molar-refractivity contribution < 1.29 is 33.7 Å². The second-order valence-electron chi connectivity index (χ2n) is 7.85. The molecule has 4 atom stereocenters. The van der Waals surface area contributed by atoms with Crippen molar-refractivity contribution in [2.45, 2.75) is 88.1 Å². The topological polar surface area (TPSA) is 156 Å². The zero-order chi connectivity index (χ0) is 25.5. The highest BCUT2D eigenvalue weighted by molar-refractivity contribution is 7.99. The maximum Gasteiger partial charge on any atom is 0.303 e. The second-order valence-corrected chi connectivity index (χ2v) is 9.99. The van der Waals surface area contributed by atoms with Gasteiger partial charge in [0.15, 0.2) is 22.9 Å². The molecule has 1 N–H and O–H groups in total. The van der Waals surface area contributed by atoms with Crippen molar-refractivity contribution in [2.75, 3.05) is 11.5 Å². The summed E-state index contributed by atoms with van der Waals surface area (Å²) in [6.45, 7) is 6.58. The highest BCUT2D eigenvalue weighted by atomic mass is 32.2. The first kappa shape index (κ1) is 27.1. The van der Waals surface area contributed by atoms with Gasteiger partial charge in [-0.15, -0.1) is 26.8 Å². The molecule has 0 unspecified atom stereocenters. The number of hydrogen-bond acceptors (Lipinski definition) is 12. The maximum absolute atomic E-state index is 11.9. The summed E-state index contributed by atoms with van der Waals surface area (Å²) in [5, 5.41) is 19.4. The van der Waals surface area contributed by atoms with Crippen LogP contribution in [0.5, 0.6) is 0 Å². The monoisotopic (exact) mass is 527 g/mol. The molecule has 0 saturated carbocycles. The Bertz CT molecular complexity index is 1070. The third kappa shape index (κ3) is 7.04. The summed E-state index contributed by atoms with van der Waals surface area (Å²) in [7, 11) is 0. The van der Waals surface area contributed by atoms with Crippen LogP contribution in [0.2, 0.25) is 0 Å². The molecule has 3 rings (SSSR count). The number of fused-ring (bicyclic) bond motifs is 1. The summed E-state index contributed by atoms with van der Waals surface area (Å²) in [6.07, 6.45) is -2.27. The van der Waals surface area contributed by atoms with Crippen LogP contribution < -0.4 is 0 Å². The van der Waals surface area contributed by atoms with Crippen LogP contribution in [0, 0.1) is 0 Å². The van der Waals surface area contributed by atoms with Crippen LogP contribution in [0.4, 0.5) is 0 Å². The van der Waals surface area contributed by atoms with E-state index in [1.807, 2.05) is 0 Å². The number of carbonyl (C=O) groups excluding carboxylic acids is 2. The third-order valence-corrected chi connectivity index (χ3v) is 7.07. The summed E-state index contributed by atoms with van der Waals surface area (Å²) >= 11 is 3.07. The lowest BCUT2D eigenvalue weighted by Crippen LogP contribution is -2.39. The van der Waals surface area contributed by atoms with Gasteiger partial charge in [-0.05, 0) is 25.0 Å². The van der Waals surface area contributed by atoms with E-state index in [4.69, 9.17) is 19.3 Å². The Balaban J connectivity index is 2.02. The number of nitrogens with zero attached hydrogens (tertiary/aromatic N) is 5. The predicted molar refractivity (Wildman–Crippen MR) is 127 cm³/mol. The standard InChI is InChI=1S/C21H29N5O7S2/c1-5-9-34-19-15-18(22-21(23-19)35-10-6-2)25-26(24-15)20-17(32-12(4)28)16(31-11(3)27)13(33-20)7-8-14(29)30/h13,16-17,20H,5-10H2,1-4H3,(H,29,30)/t13-,16-,17-,20-/m1/s1. The van der Waals surface area contributed by atoms with Crippen molar-refractivity contribution in [1.82, 2.24) is 25.0 Å². The van der Waals surface area contributed by atoms with Gasteiger partial charge < -0.3 is 19.3 Å². The molecular weight excluding hydrogens is 498 g/mol. The lowest BCUT2D eigenvalue weighted by atomic mass is 10.1. The largest absolute Gasteiger partial charge is 0.481 e.